The van der Waals surface area contributed by atoms with E-state index in [9.17, 15) is 9.59 Å². The predicted octanol–water partition coefficient (Wildman–Crippen LogP) is 3.10. The van der Waals surface area contributed by atoms with Crippen LogP contribution in [0, 0.1) is 0 Å². The summed E-state index contributed by atoms with van der Waals surface area (Å²) in [6.07, 6.45) is 3.11. The first kappa shape index (κ1) is 18.4. The fourth-order valence-electron chi connectivity index (χ4n) is 2.79. The zero-order valence-electron chi connectivity index (χ0n) is 15.4. The molecule has 0 aliphatic carbocycles. The highest BCUT2D eigenvalue weighted by Crippen LogP contribution is 2.33. The Hall–Kier alpha value is -4.00. The molecule has 0 bridgehead atoms. The zero-order chi connectivity index (χ0) is 20.1. The van der Waals surface area contributed by atoms with E-state index in [0.29, 0.717) is 28.4 Å². The highest BCUT2D eigenvalue weighted by Gasteiger charge is 2.17. The van der Waals surface area contributed by atoms with Gasteiger partial charge < -0.3 is 24.5 Å². The molecule has 0 saturated carbocycles. The molecule has 1 aliphatic heterocycles. The van der Waals surface area contributed by atoms with Crippen LogP contribution in [0.15, 0.2) is 77.0 Å². The number of rotatable bonds is 6. The molecular weight excluding hydrogens is 372 g/mol. The average molecular weight is 390 g/mol. The van der Waals surface area contributed by atoms with Crippen molar-refractivity contribution < 1.29 is 23.5 Å². The molecular formula is C22H18N2O5. The minimum Gasteiger partial charge on any atom is -0.467 e. The van der Waals surface area contributed by atoms with E-state index in [1.165, 1.54) is 6.26 Å². The fourth-order valence-corrected chi connectivity index (χ4v) is 2.79. The topological polar surface area (TPSA) is 89.8 Å². The first-order chi connectivity index (χ1) is 14.2. The molecule has 0 spiro atoms. The lowest BCUT2D eigenvalue weighted by molar-refractivity contribution is -0.118. The Morgan fingerprint density at radius 2 is 1.79 bits per heavy atom. The van der Waals surface area contributed by atoms with Crippen LogP contribution >= 0.6 is 0 Å². The van der Waals surface area contributed by atoms with Gasteiger partial charge in [0.1, 0.15) is 11.5 Å². The molecule has 2 N–H and O–H groups in total. The number of fused-ring (bicyclic) bond motifs is 1. The fraction of sp³-hybridized carbons (Fsp3) is 0.0909. The Morgan fingerprint density at radius 3 is 2.59 bits per heavy atom. The van der Waals surface area contributed by atoms with Gasteiger partial charge >= 0.3 is 0 Å². The van der Waals surface area contributed by atoms with E-state index in [0.717, 1.165) is 0 Å². The number of furan rings is 1. The van der Waals surface area contributed by atoms with Gasteiger partial charge in [-0.05, 0) is 48.0 Å². The lowest BCUT2D eigenvalue weighted by Crippen LogP contribution is -2.34. The van der Waals surface area contributed by atoms with E-state index in [2.05, 4.69) is 10.6 Å². The third-order valence-corrected chi connectivity index (χ3v) is 4.24. The summed E-state index contributed by atoms with van der Waals surface area (Å²) >= 11 is 0. The van der Waals surface area contributed by atoms with Crippen molar-refractivity contribution in [2.24, 2.45) is 0 Å². The van der Waals surface area contributed by atoms with Crippen molar-refractivity contribution in [2.75, 3.05) is 6.79 Å². The summed E-state index contributed by atoms with van der Waals surface area (Å²) < 4.78 is 15.9. The molecule has 7 nitrogen and oxygen atoms in total. The van der Waals surface area contributed by atoms with Gasteiger partial charge in [-0.3, -0.25) is 9.59 Å². The zero-order valence-corrected chi connectivity index (χ0v) is 15.4. The second-order valence-corrected chi connectivity index (χ2v) is 6.25. The van der Waals surface area contributed by atoms with Crippen LogP contribution in [0.4, 0.5) is 0 Å². The maximum atomic E-state index is 12.8. The quantitative estimate of drug-likeness (QED) is 0.632. The second-order valence-electron chi connectivity index (χ2n) is 6.25. The SMILES string of the molecule is O=C(NCc1ccco1)/C(=C/c1ccc2c(c1)OCO2)NC(=O)c1ccccc1. The molecule has 0 fully saturated rings. The standard InChI is InChI=1S/C22H18N2O5/c25-21(16-5-2-1-3-6-16)24-18(22(26)23-13-17-7-4-10-27-17)11-15-8-9-19-20(12-15)29-14-28-19/h1-12H,13-14H2,(H,23,26)(H,24,25)/b18-11-. The molecule has 2 aromatic carbocycles. The average Bonchev–Trinajstić information content (AvgIpc) is 3.43. The van der Waals surface area contributed by atoms with Crippen molar-refractivity contribution in [1.82, 2.24) is 10.6 Å². The third-order valence-electron chi connectivity index (χ3n) is 4.24. The van der Waals surface area contributed by atoms with Crippen LogP contribution in [0.25, 0.3) is 6.08 Å². The summed E-state index contributed by atoms with van der Waals surface area (Å²) in [5.74, 6) is 1.01. The molecule has 0 radical (unpaired) electrons. The summed E-state index contributed by atoms with van der Waals surface area (Å²) in [7, 11) is 0. The van der Waals surface area contributed by atoms with Gasteiger partial charge in [-0.25, -0.2) is 0 Å². The van der Waals surface area contributed by atoms with Gasteiger partial charge in [-0.1, -0.05) is 24.3 Å². The van der Waals surface area contributed by atoms with Gasteiger partial charge in [0.2, 0.25) is 6.79 Å². The van der Waals surface area contributed by atoms with Crippen LogP contribution in [0.1, 0.15) is 21.7 Å². The maximum Gasteiger partial charge on any atom is 0.268 e. The smallest absolute Gasteiger partial charge is 0.268 e. The van der Waals surface area contributed by atoms with Crippen LogP contribution in [0.2, 0.25) is 0 Å². The second kappa shape index (κ2) is 8.35. The molecule has 1 aliphatic rings. The first-order valence-corrected chi connectivity index (χ1v) is 8.97. The van der Waals surface area contributed by atoms with Crippen molar-refractivity contribution in [3.8, 4) is 11.5 Å². The molecule has 4 rings (SSSR count). The van der Waals surface area contributed by atoms with E-state index in [4.69, 9.17) is 13.9 Å². The third kappa shape index (κ3) is 4.47. The van der Waals surface area contributed by atoms with Gasteiger partial charge in [-0.15, -0.1) is 0 Å². The molecule has 2 amide bonds. The Kier molecular flexibility index (Phi) is 5.29. The van der Waals surface area contributed by atoms with E-state index >= 15 is 0 Å². The molecule has 3 aromatic rings. The summed E-state index contributed by atoms with van der Waals surface area (Å²) in [6, 6.07) is 17.5. The number of amides is 2. The van der Waals surface area contributed by atoms with Gasteiger partial charge in [0.15, 0.2) is 11.5 Å². The van der Waals surface area contributed by atoms with Gasteiger partial charge in [0, 0.05) is 5.56 Å². The molecule has 7 heteroatoms. The number of nitrogens with one attached hydrogen (secondary N) is 2. The Morgan fingerprint density at radius 1 is 0.966 bits per heavy atom. The van der Waals surface area contributed by atoms with Crippen molar-refractivity contribution in [1.29, 1.82) is 0 Å². The number of carbonyl (C=O) groups excluding carboxylic acids is 2. The summed E-state index contributed by atoms with van der Waals surface area (Å²) in [6.45, 7) is 0.356. The monoisotopic (exact) mass is 390 g/mol. The van der Waals surface area contributed by atoms with Crippen molar-refractivity contribution in [3.63, 3.8) is 0 Å². The minimum absolute atomic E-state index is 0.101. The van der Waals surface area contributed by atoms with Crippen LogP contribution in [0.5, 0.6) is 11.5 Å². The summed E-state index contributed by atoms with van der Waals surface area (Å²) in [5.41, 5.74) is 1.23. The molecule has 0 unspecified atom stereocenters. The summed E-state index contributed by atoms with van der Waals surface area (Å²) in [4.78, 5) is 25.3. The molecule has 29 heavy (non-hydrogen) atoms. The Bertz CT molecular complexity index is 1040. The predicted molar refractivity (Wildman–Crippen MR) is 105 cm³/mol. The lowest BCUT2D eigenvalue weighted by Gasteiger charge is -2.11. The number of hydrogen-bond acceptors (Lipinski definition) is 5. The number of carbonyl (C=O) groups is 2. The normalized spacial score (nSPS) is 12.5. The van der Waals surface area contributed by atoms with Crippen LogP contribution < -0.4 is 20.1 Å². The van der Waals surface area contributed by atoms with Crippen molar-refractivity contribution >= 4 is 17.9 Å². The number of benzene rings is 2. The Balaban J connectivity index is 1.57. The first-order valence-electron chi connectivity index (χ1n) is 8.97. The minimum atomic E-state index is -0.441. The van der Waals surface area contributed by atoms with Crippen LogP contribution in [0.3, 0.4) is 0 Å². The van der Waals surface area contributed by atoms with Gasteiger partial charge in [0.05, 0.1) is 12.8 Å². The van der Waals surface area contributed by atoms with E-state index in [-0.39, 0.29) is 24.9 Å². The number of hydrogen-bond donors (Lipinski definition) is 2. The van der Waals surface area contributed by atoms with E-state index in [1.54, 1.807) is 60.7 Å². The van der Waals surface area contributed by atoms with E-state index < -0.39 is 5.91 Å². The van der Waals surface area contributed by atoms with Crippen LogP contribution in [-0.4, -0.2) is 18.6 Å². The van der Waals surface area contributed by atoms with Gasteiger partial charge in [-0.2, -0.15) is 0 Å². The molecule has 2 heterocycles. The molecule has 1 aromatic heterocycles. The lowest BCUT2D eigenvalue weighted by atomic mass is 10.1. The maximum absolute atomic E-state index is 12.8. The summed E-state index contributed by atoms with van der Waals surface area (Å²) in [5, 5.41) is 5.43. The van der Waals surface area contributed by atoms with Crippen LogP contribution in [-0.2, 0) is 11.3 Å². The molecule has 0 saturated heterocycles. The highest BCUT2D eigenvalue weighted by atomic mass is 16.7. The van der Waals surface area contributed by atoms with Gasteiger partial charge in [0.25, 0.3) is 11.8 Å². The van der Waals surface area contributed by atoms with Crippen molar-refractivity contribution in [2.45, 2.75) is 6.54 Å². The Labute approximate surface area is 166 Å². The largest absolute Gasteiger partial charge is 0.467 e. The molecule has 0 atom stereocenters. The van der Waals surface area contributed by atoms with E-state index in [1.807, 2.05) is 6.07 Å². The number of ether oxygens (including phenoxy) is 2. The van der Waals surface area contributed by atoms with Crippen molar-refractivity contribution in [3.05, 3.63) is 89.5 Å². The molecule has 146 valence electrons. The highest BCUT2D eigenvalue weighted by molar-refractivity contribution is 6.05.